The van der Waals surface area contributed by atoms with Gasteiger partial charge >= 0.3 is 236 Å². The summed E-state index contributed by atoms with van der Waals surface area (Å²) >= 11 is -3.54. The number of hydrogen-bond acceptors (Lipinski definition) is 2. The van der Waals surface area contributed by atoms with Crippen molar-refractivity contribution in [3.05, 3.63) is 57.6 Å². The zero-order valence-corrected chi connectivity index (χ0v) is 28.4. The molecule has 0 radical (unpaired) electrons. The fourth-order valence-electron chi connectivity index (χ4n) is 5.18. The van der Waals surface area contributed by atoms with Gasteiger partial charge in [0.05, 0.1) is 0 Å². The molecule has 0 aliphatic heterocycles. The predicted octanol–water partition coefficient (Wildman–Crippen LogP) is 11.2. The van der Waals surface area contributed by atoms with E-state index in [4.69, 9.17) is 6.15 Å². The molecule has 0 saturated heterocycles. The van der Waals surface area contributed by atoms with Gasteiger partial charge in [-0.05, 0) is 0 Å². The fraction of sp³-hybridized carbons (Fsp3) is 0.647. The summed E-state index contributed by atoms with van der Waals surface area (Å²) in [5, 5.41) is 0. The van der Waals surface area contributed by atoms with Crippen molar-refractivity contribution in [1.82, 2.24) is 0 Å². The summed E-state index contributed by atoms with van der Waals surface area (Å²) in [6, 6.07) is 8.88. The summed E-state index contributed by atoms with van der Waals surface area (Å²) in [4.78, 5) is 0. The molecule has 2 aromatic rings. The van der Waals surface area contributed by atoms with E-state index in [9.17, 15) is 0 Å². The Bertz CT molecular complexity index is 872. The molecule has 0 fully saturated rings. The molecule has 0 saturated carbocycles. The maximum atomic E-state index is 7.24. The third-order valence-corrected chi connectivity index (χ3v) is 18.2. The van der Waals surface area contributed by atoms with Crippen molar-refractivity contribution in [1.29, 1.82) is 0 Å². The molecule has 0 amide bonds. The van der Waals surface area contributed by atoms with Crippen molar-refractivity contribution >= 4 is 19.2 Å². The molecule has 0 aromatic heterocycles. The van der Waals surface area contributed by atoms with Crippen molar-refractivity contribution in [3.63, 3.8) is 0 Å². The topological polar surface area (TPSA) is 18.5 Å². The third kappa shape index (κ3) is 10.2. The summed E-state index contributed by atoms with van der Waals surface area (Å²) in [6.07, 6.45) is 15.7. The van der Waals surface area contributed by atoms with E-state index in [1.54, 1.807) is 0 Å². The van der Waals surface area contributed by atoms with Crippen LogP contribution < -0.4 is 6.15 Å². The first-order valence-corrected chi connectivity index (χ1v) is 21.6. The van der Waals surface area contributed by atoms with E-state index in [1.807, 2.05) is 0 Å². The van der Waals surface area contributed by atoms with Crippen LogP contribution in [0.5, 0.6) is 11.5 Å². The van der Waals surface area contributed by atoms with Gasteiger partial charge in [-0.3, -0.25) is 0 Å². The van der Waals surface area contributed by atoms with Crippen LogP contribution in [0.3, 0.4) is 0 Å². The number of benzene rings is 2. The quantitative estimate of drug-likeness (QED) is 0.123. The van der Waals surface area contributed by atoms with Gasteiger partial charge in [0, 0.05) is 0 Å². The molecule has 0 unspecified atom stereocenters. The van der Waals surface area contributed by atoms with E-state index in [-0.39, 0.29) is 0 Å². The second-order valence-corrected chi connectivity index (χ2v) is 20.6. The molecule has 0 N–H and O–H groups in total. The van der Waals surface area contributed by atoms with Crippen LogP contribution in [0.4, 0.5) is 0 Å². The SMILES string of the molecule is CCCCCCC[CH2][Sn]([CH2]CCCCCCC)([O]c1ccc(C)c(C)c1C)[O]c1ccc(C)c(C)c1C. The van der Waals surface area contributed by atoms with Crippen molar-refractivity contribution in [3.8, 4) is 11.5 Å². The van der Waals surface area contributed by atoms with Crippen LogP contribution in [0.15, 0.2) is 24.3 Å². The second kappa shape index (κ2) is 16.7. The average Bonchev–Trinajstić information content (AvgIpc) is 2.89. The molecule has 0 aliphatic carbocycles. The van der Waals surface area contributed by atoms with Crippen molar-refractivity contribution in [2.75, 3.05) is 0 Å². The molecule has 2 nitrogen and oxygen atoms in total. The number of hydrogen-bond donors (Lipinski definition) is 0. The van der Waals surface area contributed by atoms with Crippen LogP contribution in [0, 0.1) is 41.5 Å². The van der Waals surface area contributed by atoms with E-state index < -0.39 is 19.2 Å². The molecule has 3 heteroatoms. The molecule has 208 valence electrons. The van der Waals surface area contributed by atoms with Crippen molar-refractivity contribution < 1.29 is 6.15 Å². The minimum atomic E-state index is -3.54. The van der Waals surface area contributed by atoms with Gasteiger partial charge < -0.3 is 0 Å². The Labute approximate surface area is 234 Å². The molecule has 0 spiro atoms. The third-order valence-electron chi connectivity index (χ3n) is 8.43. The van der Waals surface area contributed by atoms with Gasteiger partial charge in [-0.1, -0.05) is 0 Å². The van der Waals surface area contributed by atoms with E-state index in [2.05, 4.69) is 79.7 Å². The van der Waals surface area contributed by atoms with Gasteiger partial charge in [0.1, 0.15) is 0 Å². The molecule has 0 bridgehead atoms. The summed E-state index contributed by atoms with van der Waals surface area (Å²) < 4.78 is 16.7. The number of unbranched alkanes of at least 4 members (excludes halogenated alkanes) is 10. The zero-order valence-electron chi connectivity index (χ0n) is 25.5. The average molecular weight is 616 g/mol. The summed E-state index contributed by atoms with van der Waals surface area (Å²) in [6.45, 7) is 17.9. The van der Waals surface area contributed by atoms with Crippen LogP contribution in [-0.2, 0) is 0 Å². The van der Waals surface area contributed by atoms with Crippen LogP contribution in [0.2, 0.25) is 8.87 Å². The molecule has 37 heavy (non-hydrogen) atoms. The van der Waals surface area contributed by atoms with Crippen molar-refractivity contribution in [2.24, 2.45) is 0 Å². The van der Waals surface area contributed by atoms with Gasteiger partial charge in [-0.25, -0.2) is 0 Å². The molecular weight excluding hydrogens is 559 g/mol. The van der Waals surface area contributed by atoms with E-state index in [1.165, 1.54) is 110 Å². The Morgan fingerprint density at radius 3 is 1.19 bits per heavy atom. The Morgan fingerprint density at radius 2 is 0.811 bits per heavy atom. The molecule has 0 atom stereocenters. The first-order valence-electron chi connectivity index (χ1n) is 15.3. The Kier molecular flexibility index (Phi) is 14.5. The van der Waals surface area contributed by atoms with E-state index in [0.717, 1.165) is 20.4 Å². The van der Waals surface area contributed by atoms with Gasteiger partial charge in [0.25, 0.3) is 0 Å². The normalized spacial score (nSPS) is 11.7. The van der Waals surface area contributed by atoms with Gasteiger partial charge in [-0.2, -0.15) is 0 Å². The van der Waals surface area contributed by atoms with Crippen LogP contribution in [0.25, 0.3) is 0 Å². The first-order chi connectivity index (χ1) is 17.7. The molecule has 2 aromatic carbocycles. The molecular formula is C34H56O2Sn. The monoisotopic (exact) mass is 616 g/mol. The molecule has 0 heterocycles. The fourth-order valence-corrected chi connectivity index (χ4v) is 15.2. The standard InChI is InChI=1S/2C9H12O.2C8H17.Sn/c2*1-6-4-5-9(10)8(3)7(6)2;2*1-3-5-7-8-6-4-2;/h2*4-5,10H,1-3H3;2*1,3-8H2,2H3;/q;;;;+2/p-2. The zero-order chi connectivity index (χ0) is 27.3. The van der Waals surface area contributed by atoms with E-state index >= 15 is 0 Å². The molecule has 2 rings (SSSR count). The van der Waals surface area contributed by atoms with Crippen LogP contribution in [0.1, 0.15) is 124 Å². The van der Waals surface area contributed by atoms with Crippen LogP contribution >= 0.6 is 0 Å². The predicted molar refractivity (Wildman–Crippen MR) is 165 cm³/mol. The minimum absolute atomic E-state index is 1.07. The summed E-state index contributed by atoms with van der Waals surface area (Å²) in [5.41, 5.74) is 7.94. The molecule has 0 aliphatic rings. The summed E-state index contributed by atoms with van der Waals surface area (Å²) in [7, 11) is 0. The maximum absolute atomic E-state index is 7.24. The van der Waals surface area contributed by atoms with Gasteiger partial charge in [0.15, 0.2) is 0 Å². The van der Waals surface area contributed by atoms with Crippen LogP contribution in [-0.4, -0.2) is 19.2 Å². The Hall–Kier alpha value is -1.16. The number of rotatable bonds is 18. The summed E-state index contributed by atoms with van der Waals surface area (Å²) in [5.74, 6) is 2.13. The number of aryl methyl sites for hydroxylation is 2. The first kappa shape index (κ1) is 32.1. The Morgan fingerprint density at radius 1 is 0.459 bits per heavy atom. The van der Waals surface area contributed by atoms with E-state index in [0.29, 0.717) is 0 Å². The Balaban J connectivity index is 2.36. The van der Waals surface area contributed by atoms with Crippen molar-refractivity contribution in [2.45, 2.75) is 141 Å². The van der Waals surface area contributed by atoms with Gasteiger partial charge in [-0.15, -0.1) is 0 Å². The van der Waals surface area contributed by atoms with Gasteiger partial charge in [0.2, 0.25) is 0 Å². The second-order valence-electron chi connectivity index (χ2n) is 11.4.